The van der Waals surface area contributed by atoms with Crippen molar-refractivity contribution in [1.82, 2.24) is 0 Å². The molecule has 1 atom stereocenters. The third-order valence-corrected chi connectivity index (χ3v) is 4.12. The molecule has 0 aromatic heterocycles. The maximum absolute atomic E-state index is 3.53. The highest BCUT2D eigenvalue weighted by Crippen LogP contribution is 2.24. The van der Waals surface area contributed by atoms with Gasteiger partial charge in [-0.3, -0.25) is 0 Å². The maximum Gasteiger partial charge on any atom is 0.00602 e. The van der Waals surface area contributed by atoms with Crippen LogP contribution in [-0.4, -0.2) is 5.33 Å². The largest absolute Gasteiger partial charge is 0.0925 e. The zero-order valence-corrected chi connectivity index (χ0v) is 10.3. The van der Waals surface area contributed by atoms with E-state index in [0.717, 1.165) is 11.2 Å². The van der Waals surface area contributed by atoms with Crippen LogP contribution in [0, 0.1) is 5.92 Å². The summed E-state index contributed by atoms with van der Waals surface area (Å²) in [6, 6.07) is 7.06. The molecule has 1 unspecified atom stereocenters. The van der Waals surface area contributed by atoms with Gasteiger partial charge in [0.05, 0.1) is 0 Å². The van der Waals surface area contributed by atoms with Gasteiger partial charge in [-0.25, -0.2) is 0 Å². The lowest BCUT2D eigenvalue weighted by Gasteiger charge is -2.09. The Hall–Kier alpha value is -0.300. The van der Waals surface area contributed by atoms with Crippen LogP contribution >= 0.6 is 15.9 Å². The van der Waals surface area contributed by atoms with E-state index in [0.29, 0.717) is 0 Å². The number of fused-ring (bicyclic) bond motifs is 1. The predicted octanol–water partition coefficient (Wildman–Crippen LogP) is 3.75. The van der Waals surface area contributed by atoms with E-state index in [1.807, 2.05) is 0 Å². The second-order valence-electron chi connectivity index (χ2n) is 4.42. The summed E-state index contributed by atoms with van der Waals surface area (Å²) in [7, 11) is 0. The Morgan fingerprint density at radius 2 is 2.07 bits per heavy atom. The minimum absolute atomic E-state index is 0.745. The summed E-state index contributed by atoms with van der Waals surface area (Å²) in [5.41, 5.74) is 4.70. The van der Waals surface area contributed by atoms with Crippen molar-refractivity contribution in [2.45, 2.75) is 32.6 Å². The smallest absolute Gasteiger partial charge is 0.00602 e. The third-order valence-electron chi connectivity index (χ3n) is 3.01. The van der Waals surface area contributed by atoms with Gasteiger partial charge in [-0.15, -0.1) is 0 Å². The molecule has 0 bridgehead atoms. The molecule has 0 amide bonds. The van der Waals surface area contributed by atoms with Crippen LogP contribution in [0.3, 0.4) is 0 Å². The van der Waals surface area contributed by atoms with Crippen LogP contribution in [0.1, 0.15) is 30.0 Å². The van der Waals surface area contributed by atoms with Crippen LogP contribution in [0.2, 0.25) is 0 Å². The third kappa shape index (κ3) is 2.20. The fraction of sp³-hybridized carbons (Fsp3) is 0.538. The molecule has 2 rings (SSSR count). The van der Waals surface area contributed by atoms with E-state index < -0.39 is 0 Å². The van der Waals surface area contributed by atoms with E-state index in [-0.39, 0.29) is 0 Å². The Labute approximate surface area is 94.8 Å². The summed E-state index contributed by atoms with van der Waals surface area (Å²) in [6.45, 7) is 2.29. The molecular formula is C13H17Br. The quantitative estimate of drug-likeness (QED) is 0.720. The Kier molecular flexibility index (Phi) is 3.27. The minimum atomic E-state index is 0.745. The molecule has 76 valence electrons. The van der Waals surface area contributed by atoms with Crippen molar-refractivity contribution in [3.63, 3.8) is 0 Å². The molecule has 0 spiro atoms. The second-order valence-corrected chi connectivity index (χ2v) is 5.07. The Morgan fingerprint density at radius 1 is 1.29 bits per heavy atom. The Balaban J connectivity index is 2.12. The highest BCUT2D eigenvalue weighted by molar-refractivity contribution is 9.09. The molecular weight excluding hydrogens is 236 g/mol. The summed E-state index contributed by atoms with van der Waals surface area (Å²) in [6.07, 6.45) is 5.15. The van der Waals surface area contributed by atoms with E-state index >= 15 is 0 Å². The van der Waals surface area contributed by atoms with E-state index in [2.05, 4.69) is 41.1 Å². The number of alkyl halides is 1. The first-order valence-corrected chi connectivity index (χ1v) is 6.58. The Morgan fingerprint density at radius 3 is 2.86 bits per heavy atom. The van der Waals surface area contributed by atoms with Crippen LogP contribution in [0.4, 0.5) is 0 Å². The number of rotatable bonds is 3. The molecule has 0 saturated heterocycles. The van der Waals surface area contributed by atoms with Crippen LogP contribution < -0.4 is 0 Å². The molecule has 1 aliphatic carbocycles. The maximum atomic E-state index is 3.53. The van der Waals surface area contributed by atoms with Crippen LogP contribution in [-0.2, 0) is 19.3 Å². The predicted molar refractivity (Wildman–Crippen MR) is 65.1 cm³/mol. The normalized spacial score (nSPS) is 16.7. The highest BCUT2D eigenvalue weighted by atomic mass is 79.9. The molecule has 14 heavy (non-hydrogen) atoms. The van der Waals surface area contributed by atoms with Gasteiger partial charge in [0.1, 0.15) is 0 Å². The highest BCUT2D eigenvalue weighted by Gasteiger charge is 2.11. The van der Waals surface area contributed by atoms with Crippen LogP contribution in [0.5, 0.6) is 0 Å². The molecule has 0 nitrogen and oxygen atoms in total. The zero-order chi connectivity index (χ0) is 9.97. The monoisotopic (exact) mass is 252 g/mol. The number of benzene rings is 1. The summed E-state index contributed by atoms with van der Waals surface area (Å²) in [5, 5.41) is 1.10. The standard InChI is InChI=1S/C13H17Br/c1-10(9-14)7-11-5-6-12-3-2-4-13(12)8-11/h5-6,8,10H,2-4,7,9H2,1H3. The molecule has 1 aromatic rings. The molecule has 0 fully saturated rings. The lowest BCUT2D eigenvalue weighted by atomic mass is 9.99. The molecule has 0 heterocycles. The Bertz CT molecular complexity index is 317. The first-order valence-electron chi connectivity index (χ1n) is 5.46. The van der Waals surface area contributed by atoms with Crippen LogP contribution in [0.15, 0.2) is 18.2 Å². The van der Waals surface area contributed by atoms with Crippen molar-refractivity contribution in [1.29, 1.82) is 0 Å². The van der Waals surface area contributed by atoms with Gasteiger partial charge < -0.3 is 0 Å². The van der Waals surface area contributed by atoms with Crippen LogP contribution in [0.25, 0.3) is 0 Å². The lowest BCUT2D eigenvalue weighted by Crippen LogP contribution is -2.01. The van der Waals surface area contributed by atoms with Crippen molar-refractivity contribution in [2.24, 2.45) is 5.92 Å². The van der Waals surface area contributed by atoms with E-state index in [9.17, 15) is 0 Å². The molecule has 1 aromatic carbocycles. The molecule has 0 radical (unpaired) electrons. The van der Waals surface area contributed by atoms with Crippen molar-refractivity contribution < 1.29 is 0 Å². The number of aryl methyl sites for hydroxylation is 2. The average Bonchev–Trinajstić information content (AvgIpc) is 2.64. The van der Waals surface area contributed by atoms with E-state index in [1.54, 1.807) is 11.1 Å². The van der Waals surface area contributed by atoms with Crippen molar-refractivity contribution in [2.75, 3.05) is 5.33 Å². The first kappa shape index (κ1) is 10.2. The first-order chi connectivity index (χ1) is 6.79. The van der Waals surface area contributed by atoms with Gasteiger partial charge in [0.25, 0.3) is 0 Å². The van der Waals surface area contributed by atoms with Gasteiger partial charge in [0.15, 0.2) is 0 Å². The molecule has 0 saturated carbocycles. The summed E-state index contributed by atoms with van der Waals surface area (Å²) in [5.74, 6) is 0.745. The SMILES string of the molecule is CC(CBr)Cc1ccc2c(c1)CCC2. The van der Waals surface area contributed by atoms with Gasteiger partial charge >= 0.3 is 0 Å². The zero-order valence-electron chi connectivity index (χ0n) is 8.72. The average molecular weight is 253 g/mol. The molecule has 0 N–H and O–H groups in total. The summed E-state index contributed by atoms with van der Waals surface area (Å²) in [4.78, 5) is 0. The van der Waals surface area contributed by atoms with E-state index in [4.69, 9.17) is 0 Å². The van der Waals surface area contributed by atoms with Gasteiger partial charge in [0.2, 0.25) is 0 Å². The van der Waals surface area contributed by atoms with E-state index in [1.165, 1.54) is 31.2 Å². The lowest BCUT2D eigenvalue weighted by molar-refractivity contribution is 0.663. The molecule has 1 aliphatic rings. The topological polar surface area (TPSA) is 0 Å². The fourth-order valence-corrected chi connectivity index (χ4v) is 2.44. The summed E-state index contributed by atoms with van der Waals surface area (Å²) < 4.78 is 0. The number of hydrogen-bond acceptors (Lipinski definition) is 0. The number of halogens is 1. The van der Waals surface area contributed by atoms with Gasteiger partial charge in [-0.1, -0.05) is 41.1 Å². The van der Waals surface area contributed by atoms with Gasteiger partial charge in [-0.2, -0.15) is 0 Å². The van der Waals surface area contributed by atoms with Crippen molar-refractivity contribution in [3.8, 4) is 0 Å². The molecule has 0 aliphatic heterocycles. The number of hydrogen-bond donors (Lipinski definition) is 0. The van der Waals surface area contributed by atoms with Gasteiger partial charge in [0, 0.05) is 5.33 Å². The van der Waals surface area contributed by atoms with Crippen molar-refractivity contribution >= 4 is 15.9 Å². The fourth-order valence-electron chi connectivity index (χ4n) is 2.21. The summed E-state index contributed by atoms with van der Waals surface area (Å²) >= 11 is 3.53. The molecule has 1 heteroatoms. The minimum Gasteiger partial charge on any atom is -0.0925 e. The second kappa shape index (κ2) is 4.48. The van der Waals surface area contributed by atoms with Crippen molar-refractivity contribution in [3.05, 3.63) is 34.9 Å². The van der Waals surface area contributed by atoms with Gasteiger partial charge in [-0.05, 0) is 48.3 Å².